The monoisotopic (exact) mass is 232 g/mol. The number of alkyl halides is 2. The summed E-state index contributed by atoms with van der Waals surface area (Å²) in [5, 5.41) is 11.8. The molecule has 1 aromatic heterocycles. The van der Waals surface area contributed by atoms with Gasteiger partial charge in [-0.25, -0.2) is 13.6 Å². The lowest BCUT2D eigenvalue weighted by atomic mass is 9.87. The van der Waals surface area contributed by atoms with E-state index in [0.29, 0.717) is 0 Å². The maximum Gasteiger partial charge on any atom is 0.377 e. The SMILES string of the molecule is O=C(O)c1noc(C2CCC(F)(F)CC2)n1. The third-order valence-corrected chi connectivity index (χ3v) is 2.70. The highest BCUT2D eigenvalue weighted by Crippen LogP contribution is 2.40. The molecule has 7 heteroatoms. The van der Waals surface area contributed by atoms with Crippen LogP contribution in [0.4, 0.5) is 8.78 Å². The molecular weight excluding hydrogens is 222 g/mol. The zero-order valence-corrected chi connectivity index (χ0v) is 8.32. The molecule has 16 heavy (non-hydrogen) atoms. The number of nitrogens with zero attached hydrogens (tertiary/aromatic N) is 2. The Kier molecular flexibility index (Phi) is 2.61. The van der Waals surface area contributed by atoms with E-state index in [1.54, 1.807) is 0 Å². The number of rotatable bonds is 2. The van der Waals surface area contributed by atoms with Crippen molar-refractivity contribution in [1.82, 2.24) is 10.1 Å². The molecule has 1 aromatic rings. The van der Waals surface area contributed by atoms with E-state index in [4.69, 9.17) is 9.63 Å². The van der Waals surface area contributed by atoms with Crippen LogP contribution in [0.2, 0.25) is 0 Å². The summed E-state index contributed by atoms with van der Waals surface area (Å²) in [7, 11) is 0. The van der Waals surface area contributed by atoms with Gasteiger partial charge in [0.05, 0.1) is 0 Å². The van der Waals surface area contributed by atoms with Crippen molar-refractivity contribution in [3.63, 3.8) is 0 Å². The minimum Gasteiger partial charge on any atom is -0.475 e. The van der Waals surface area contributed by atoms with E-state index in [0.717, 1.165) is 0 Å². The van der Waals surface area contributed by atoms with Gasteiger partial charge < -0.3 is 9.63 Å². The van der Waals surface area contributed by atoms with Crippen molar-refractivity contribution in [2.75, 3.05) is 0 Å². The van der Waals surface area contributed by atoms with Crippen LogP contribution in [0, 0.1) is 0 Å². The summed E-state index contributed by atoms with van der Waals surface area (Å²) in [5.74, 6) is -4.43. The first kappa shape index (κ1) is 11.0. The van der Waals surface area contributed by atoms with Gasteiger partial charge in [0.15, 0.2) is 0 Å². The molecule has 88 valence electrons. The highest BCUT2D eigenvalue weighted by molar-refractivity contribution is 5.82. The second-order valence-electron chi connectivity index (χ2n) is 3.89. The molecule has 1 aliphatic rings. The Hall–Kier alpha value is -1.53. The van der Waals surface area contributed by atoms with Crippen molar-refractivity contribution in [3.05, 3.63) is 11.7 Å². The van der Waals surface area contributed by atoms with E-state index < -0.39 is 17.7 Å². The molecule has 0 amide bonds. The second kappa shape index (κ2) is 3.80. The Morgan fingerprint density at radius 2 is 2.06 bits per heavy atom. The van der Waals surface area contributed by atoms with Gasteiger partial charge in [-0.15, -0.1) is 0 Å². The van der Waals surface area contributed by atoms with Crippen LogP contribution in [-0.2, 0) is 0 Å². The summed E-state index contributed by atoms with van der Waals surface area (Å²) in [6, 6.07) is 0. The standard InChI is InChI=1S/C9H10F2N2O3/c10-9(11)3-1-5(2-4-9)7-12-6(8(14)15)13-16-7/h5H,1-4H2,(H,14,15). The van der Waals surface area contributed by atoms with Gasteiger partial charge >= 0.3 is 5.97 Å². The number of aromatic carboxylic acids is 1. The fraction of sp³-hybridized carbons (Fsp3) is 0.667. The van der Waals surface area contributed by atoms with Gasteiger partial charge in [0, 0.05) is 18.8 Å². The van der Waals surface area contributed by atoms with Crippen molar-refractivity contribution < 1.29 is 23.2 Å². The molecule has 0 unspecified atom stereocenters. The molecule has 1 N–H and O–H groups in total. The first-order valence-electron chi connectivity index (χ1n) is 4.93. The maximum absolute atomic E-state index is 12.9. The van der Waals surface area contributed by atoms with Crippen LogP contribution in [-0.4, -0.2) is 27.1 Å². The minimum absolute atomic E-state index is 0.146. The maximum atomic E-state index is 12.9. The van der Waals surface area contributed by atoms with Gasteiger partial charge in [0.25, 0.3) is 5.82 Å². The van der Waals surface area contributed by atoms with Crippen LogP contribution < -0.4 is 0 Å². The lowest BCUT2D eigenvalue weighted by molar-refractivity contribution is -0.0402. The summed E-state index contributed by atoms with van der Waals surface area (Å²) in [6.45, 7) is 0. The molecule has 0 atom stereocenters. The second-order valence-corrected chi connectivity index (χ2v) is 3.89. The fourth-order valence-electron chi connectivity index (χ4n) is 1.77. The number of carboxylic acid groups (broad SMARTS) is 1. The lowest BCUT2D eigenvalue weighted by Crippen LogP contribution is -2.23. The van der Waals surface area contributed by atoms with E-state index >= 15 is 0 Å². The topological polar surface area (TPSA) is 76.2 Å². The Morgan fingerprint density at radius 1 is 1.44 bits per heavy atom. The quantitative estimate of drug-likeness (QED) is 0.844. The first-order chi connectivity index (χ1) is 7.48. The molecule has 1 aliphatic carbocycles. The van der Waals surface area contributed by atoms with Crippen LogP contribution in [0.25, 0.3) is 0 Å². The predicted octanol–water partition coefficient (Wildman–Crippen LogP) is 2.06. The average molecular weight is 232 g/mol. The Labute approximate surface area is 89.5 Å². The molecule has 0 aromatic carbocycles. The fourth-order valence-corrected chi connectivity index (χ4v) is 1.77. The van der Waals surface area contributed by atoms with E-state index in [9.17, 15) is 13.6 Å². The van der Waals surface area contributed by atoms with Crippen molar-refractivity contribution in [1.29, 1.82) is 0 Å². The van der Waals surface area contributed by atoms with Crippen LogP contribution in [0.5, 0.6) is 0 Å². The number of halogens is 2. The molecule has 1 saturated carbocycles. The largest absolute Gasteiger partial charge is 0.475 e. The Morgan fingerprint density at radius 3 is 2.56 bits per heavy atom. The summed E-state index contributed by atoms with van der Waals surface area (Å²) in [6.07, 6.45) is 0.0490. The summed E-state index contributed by atoms with van der Waals surface area (Å²) in [5.41, 5.74) is 0. The molecule has 0 aliphatic heterocycles. The van der Waals surface area contributed by atoms with Gasteiger partial charge in [-0.2, -0.15) is 4.98 Å². The van der Waals surface area contributed by atoms with Crippen LogP contribution in [0.3, 0.4) is 0 Å². The van der Waals surface area contributed by atoms with Crippen molar-refractivity contribution in [2.45, 2.75) is 37.5 Å². The zero-order chi connectivity index (χ0) is 11.8. The number of aromatic nitrogens is 2. The van der Waals surface area contributed by atoms with Gasteiger partial charge in [0.2, 0.25) is 11.8 Å². The lowest BCUT2D eigenvalue weighted by Gasteiger charge is -2.25. The predicted molar refractivity (Wildman–Crippen MR) is 47.4 cm³/mol. The zero-order valence-electron chi connectivity index (χ0n) is 8.32. The van der Waals surface area contributed by atoms with Gasteiger partial charge in [-0.3, -0.25) is 0 Å². The van der Waals surface area contributed by atoms with Crippen molar-refractivity contribution >= 4 is 5.97 Å². The molecule has 5 nitrogen and oxygen atoms in total. The molecule has 1 heterocycles. The molecule has 0 spiro atoms. The molecular formula is C9H10F2N2O3. The number of hydrogen-bond acceptors (Lipinski definition) is 4. The first-order valence-corrected chi connectivity index (χ1v) is 4.93. The smallest absolute Gasteiger partial charge is 0.377 e. The molecule has 0 bridgehead atoms. The van der Waals surface area contributed by atoms with Gasteiger partial charge in [0.1, 0.15) is 0 Å². The molecule has 2 rings (SSSR count). The Bertz CT molecular complexity index is 395. The van der Waals surface area contributed by atoms with Crippen LogP contribution >= 0.6 is 0 Å². The number of hydrogen-bond donors (Lipinski definition) is 1. The molecule has 0 radical (unpaired) electrons. The van der Waals surface area contributed by atoms with E-state index in [1.807, 2.05) is 0 Å². The summed E-state index contributed by atoms with van der Waals surface area (Å²) >= 11 is 0. The highest BCUT2D eigenvalue weighted by atomic mass is 19.3. The summed E-state index contributed by atoms with van der Waals surface area (Å²) < 4.78 is 30.5. The highest BCUT2D eigenvalue weighted by Gasteiger charge is 2.37. The van der Waals surface area contributed by atoms with Crippen molar-refractivity contribution in [2.24, 2.45) is 0 Å². The van der Waals surface area contributed by atoms with E-state index in [2.05, 4.69) is 10.1 Å². The van der Waals surface area contributed by atoms with Gasteiger partial charge in [-0.1, -0.05) is 0 Å². The van der Waals surface area contributed by atoms with E-state index in [1.165, 1.54) is 0 Å². The van der Waals surface area contributed by atoms with Gasteiger partial charge in [-0.05, 0) is 18.0 Å². The van der Waals surface area contributed by atoms with Crippen LogP contribution in [0.15, 0.2) is 4.52 Å². The van der Waals surface area contributed by atoms with E-state index in [-0.39, 0.29) is 37.5 Å². The number of carboxylic acids is 1. The third kappa shape index (κ3) is 2.17. The van der Waals surface area contributed by atoms with Crippen LogP contribution in [0.1, 0.15) is 48.1 Å². The molecule has 0 saturated heterocycles. The van der Waals surface area contributed by atoms with Crippen molar-refractivity contribution in [3.8, 4) is 0 Å². The number of carbonyl (C=O) groups is 1. The minimum atomic E-state index is -2.62. The average Bonchev–Trinajstić information content (AvgIpc) is 2.66. The Balaban J connectivity index is 2.05. The third-order valence-electron chi connectivity index (χ3n) is 2.70. The summed E-state index contributed by atoms with van der Waals surface area (Å²) in [4.78, 5) is 14.2. The molecule has 1 fully saturated rings. The normalized spacial score (nSPS) is 20.9.